The first kappa shape index (κ1) is 60.4. The summed E-state index contributed by atoms with van der Waals surface area (Å²) in [5.41, 5.74) is -0.951. The van der Waals surface area contributed by atoms with Gasteiger partial charge in [-0.1, -0.05) is 65.0 Å². The van der Waals surface area contributed by atoms with Gasteiger partial charge >= 0.3 is 59.7 Å². The Morgan fingerprint density at radius 2 is 1.14 bits per heavy atom. The lowest BCUT2D eigenvalue weighted by atomic mass is 9.88. The number of methoxy groups -OCH3 is 1. The second kappa shape index (κ2) is 23.0. The number of hydrogen-bond donors (Lipinski definition) is 1. The standard InChI is InChI=1S/C43H50F17NO7Si/c1-8-65-33(62)13-11-9-10-12-28(6)34(68-35(63)61-30-16-20-31(64-7)21-17-30)29-14-18-32(19-15-29)66-23-24-67-69(26(2)3,27(4)5)25-22-36(44,45)37(46,47)38(48,49)39(50,51)40(52,53)41(54,55)42(56,57)43(58,59)60/h9-11,13-21,26-28,34H,8,12,22-25H2,1-7H3,(H,61,63)/b10-9+,13-11+/t28-,34-/m0/s1. The topological polar surface area (TPSA) is 92.3 Å². The molecular formula is C43H50F17NO7Si. The zero-order valence-corrected chi connectivity index (χ0v) is 38.8. The molecule has 0 saturated heterocycles. The van der Waals surface area contributed by atoms with Crippen LogP contribution in [-0.2, 0) is 18.7 Å². The van der Waals surface area contributed by atoms with Crippen LogP contribution in [0.25, 0.3) is 0 Å². The maximum Gasteiger partial charge on any atom is 0.460 e. The number of anilines is 1. The van der Waals surface area contributed by atoms with E-state index in [1.54, 1.807) is 50.3 Å². The highest BCUT2D eigenvalue weighted by atomic mass is 28.4. The Morgan fingerprint density at radius 1 is 0.652 bits per heavy atom. The first-order chi connectivity index (χ1) is 31.5. The summed E-state index contributed by atoms with van der Waals surface area (Å²) in [6, 6.07) is 10.9. The third-order valence-electron chi connectivity index (χ3n) is 10.9. The molecule has 69 heavy (non-hydrogen) atoms. The molecule has 2 aromatic carbocycles. The smallest absolute Gasteiger partial charge is 0.460 e. The van der Waals surface area contributed by atoms with E-state index >= 15 is 8.78 Å². The van der Waals surface area contributed by atoms with Crippen LogP contribution >= 0.6 is 0 Å². The van der Waals surface area contributed by atoms with Gasteiger partial charge in [0.2, 0.25) is 0 Å². The zero-order chi connectivity index (χ0) is 53.2. The molecule has 2 aromatic rings. The van der Waals surface area contributed by atoms with Crippen LogP contribution in [0.3, 0.4) is 0 Å². The Labute approximate surface area is 386 Å². The van der Waals surface area contributed by atoms with Crippen LogP contribution in [-0.4, -0.2) is 94.9 Å². The van der Waals surface area contributed by atoms with E-state index in [1.165, 1.54) is 71.2 Å². The molecule has 0 unspecified atom stereocenters. The lowest BCUT2D eigenvalue weighted by molar-refractivity contribution is -0.461. The van der Waals surface area contributed by atoms with Gasteiger partial charge in [-0.2, -0.15) is 74.6 Å². The molecule has 0 aromatic heterocycles. The first-order valence-electron chi connectivity index (χ1n) is 20.6. The number of carbonyl (C=O) groups is 2. The fraction of sp³-hybridized carbons (Fsp3) is 0.581. The van der Waals surface area contributed by atoms with Gasteiger partial charge < -0.3 is 23.4 Å². The molecule has 0 saturated carbocycles. The van der Waals surface area contributed by atoms with Crippen molar-refractivity contribution in [2.24, 2.45) is 5.92 Å². The fourth-order valence-corrected chi connectivity index (χ4v) is 11.2. The summed E-state index contributed by atoms with van der Waals surface area (Å²) in [6.07, 6.45) is -5.89. The van der Waals surface area contributed by atoms with Crippen LogP contribution < -0.4 is 14.8 Å². The van der Waals surface area contributed by atoms with Gasteiger partial charge in [0.15, 0.2) is 8.32 Å². The summed E-state index contributed by atoms with van der Waals surface area (Å²) in [7, 11) is -2.56. The van der Waals surface area contributed by atoms with Crippen LogP contribution in [0.5, 0.6) is 11.5 Å². The molecule has 0 heterocycles. The quantitative estimate of drug-likeness (QED) is 0.0251. The number of carbonyl (C=O) groups excluding carboxylic acids is 2. The van der Waals surface area contributed by atoms with Crippen LogP contribution in [0.15, 0.2) is 72.8 Å². The van der Waals surface area contributed by atoms with Gasteiger partial charge in [0, 0.05) is 24.1 Å². The van der Waals surface area contributed by atoms with Crippen LogP contribution in [0.1, 0.15) is 66.1 Å². The summed E-state index contributed by atoms with van der Waals surface area (Å²) >= 11 is 0. The number of allylic oxidation sites excluding steroid dienone is 3. The molecule has 392 valence electrons. The van der Waals surface area contributed by atoms with Crippen LogP contribution in [0, 0.1) is 5.92 Å². The van der Waals surface area contributed by atoms with E-state index in [4.69, 9.17) is 23.4 Å². The van der Waals surface area contributed by atoms with Crippen molar-refractivity contribution in [3.8, 4) is 11.5 Å². The van der Waals surface area contributed by atoms with Crippen molar-refractivity contribution in [1.29, 1.82) is 0 Å². The molecule has 0 radical (unpaired) electrons. The third kappa shape index (κ3) is 13.2. The SMILES string of the molecule is CCOC(=O)/C=C/C=C/C[C@H](C)[C@H](OC(=O)Nc1ccc(OC)cc1)c1ccc(OCCO[Si](CCC(F)(F)C(F)(F)C(F)(F)C(F)(F)C(F)(F)C(F)(F)C(F)(F)C(F)(F)F)(C(C)C)C(C)C)cc1. The minimum absolute atomic E-state index is 0.131. The van der Waals surface area contributed by atoms with Crippen molar-refractivity contribution in [2.45, 2.75) is 125 Å². The van der Waals surface area contributed by atoms with Crippen molar-refractivity contribution in [3.63, 3.8) is 0 Å². The van der Waals surface area contributed by atoms with Gasteiger partial charge in [0.25, 0.3) is 0 Å². The number of benzene rings is 2. The zero-order valence-electron chi connectivity index (χ0n) is 37.8. The van der Waals surface area contributed by atoms with E-state index in [0.29, 0.717) is 23.4 Å². The van der Waals surface area contributed by atoms with E-state index in [0.717, 1.165) is 0 Å². The highest BCUT2D eigenvalue weighted by Gasteiger charge is 2.95. The lowest BCUT2D eigenvalue weighted by Crippen LogP contribution is -2.74. The maximum absolute atomic E-state index is 15.0. The minimum atomic E-state index is -8.70. The number of hydrogen-bond acceptors (Lipinski definition) is 7. The minimum Gasteiger partial charge on any atom is -0.497 e. The molecule has 2 rings (SSSR count). The monoisotopic (exact) mass is 1040 g/mol. The van der Waals surface area contributed by atoms with E-state index in [1.807, 2.05) is 0 Å². The predicted octanol–water partition coefficient (Wildman–Crippen LogP) is 14.2. The average molecular weight is 1040 g/mol. The molecule has 0 fully saturated rings. The normalized spacial score (nSPS) is 14.9. The van der Waals surface area contributed by atoms with Gasteiger partial charge in [-0.05, 0) is 72.4 Å². The molecule has 26 heteroatoms. The molecule has 0 aliphatic rings. The second-order valence-electron chi connectivity index (χ2n) is 16.1. The summed E-state index contributed by atoms with van der Waals surface area (Å²) in [4.78, 5) is 24.6. The lowest BCUT2D eigenvalue weighted by Gasteiger charge is -2.44. The molecule has 2 atom stereocenters. The van der Waals surface area contributed by atoms with Gasteiger partial charge in [0.1, 0.15) is 24.2 Å². The molecule has 0 bridgehead atoms. The molecule has 0 aliphatic heterocycles. The van der Waals surface area contributed by atoms with Gasteiger partial charge in [0.05, 0.1) is 20.3 Å². The molecule has 0 aliphatic carbocycles. The van der Waals surface area contributed by atoms with Crippen molar-refractivity contribution < 1.29 is 108 Å². The Morgan fingerprint density at radius 3 is 1.62 bits per heavy atom. The first-order valence-corrected chi connectivity index (χ1v) is 22.9. The van der Waals surface area contributed by atoms with Crippen LogP contribution in [0.2, 0.25) is 17.1 Å². The van der Waals surface area contributed by atoms with Crippen molar-refractivity contribution in [1.82, 2.24) is 0 Å². The highest BCUT2D eigenvalue weighted by molar-refractivity contribution is 6.76. The highest BCUT2D eigenvalue weighted by Crippen LogP contribution is 2.64. The number of alkyl halides is 17. The van der Waals surface area contributed by atoms with Gasteiger partial charge in [-0.25, -0.2) is 9.59 Å². The van der Waals surface area contributed by atoms with Crippen molar-refractivity contribution in [2.75, 3.05) is 32.2 Å². The third-order valence-corrected chi connectivity index (χ3v) is 16.5. The molecule has 0 spiro atoms. The largest absolute Gasteiger partial charge is 0.497 e. The number of ether oxygens (including phenoxy) is 4. The Balaban J connectivity index is 2.30. The fourth-order valence-electron chi connectivity index (χ4n) is 6.77. The number of esters is 1. The summed E-state index contributed by atoms with van der Waals surface area (Å²) in [5, 5.41) is 2.60. The number of halogens is 17. The number of rotatable bonds is 26. The van der Waals surface area contributed by atoms with E-state index in [-0.39, 0.29) is 12.4 Å². The van der Waals surface area contributed by atoms with Crippen molar-refractivity contribution in [3.05, 3.63) is 78.4 Å². The summed E-state index contributed by atoms with van der Waals surface area (Å²) in [5.74, 6) is -57.2. The van der Waals surface area contributed by atoms with Gasteiger partial charge in [-0.3, -0.25) is 5.32 Å². The molecule has 1 N–H and O–H groups in total. The van der Waals surface area contributed by atoms with Crippen molar-refractivity contribution >= 4 is 26.1 Å². The Hall–Kier alpha value is -4.75. The molecular weight excluding hydrogens is 994 g/mol. The van der Waals surface area contributed by atoms with Gasteiger partial charge in [-0.15, -0.1) is 0 Å². The predicted molar refractivity (Wildman–Crippen MR) is 218 cm³/mol. The number of nitrogens with one attached hydrogen (secondary N) is 1. The Kier molecular flexibility index (Phi) is 20.1. The maximum atomic E-state index is 15.0. The summed E-state index contributed by atoms with van der Waals surface area (Å²) in [6.45, 7) is 7.91. The van der Waals surface area contributed by atoms with E-state index in [2.05, 4.69) is 5.32 Å². The molecule has 1 amide bonds. The summed E-state index contributed by atoms with van der Waals surface area (Å²) < 4.78 is 264. The molecule has 8 nitrogen and oxygen atoms in total. The average Bonchev–Trinajstić information content (AvgIpc) is 3.24. The second-order valence-corrected chi connectivity index (χ2v) is 21.1. The van der Waals surface area contributed by atoms with E-state index in [9.17, 15) is 75.4 Å². The van der Waals surface area contributed by atoms with Crippen LogP contribution in [0.4, 0.5) is 85.1 Å². The Bertz CT molecular complexity index is 2020. The van der Waals surface area contributed by atoms with E-state index < -0.39 is 117 Å². The number of amides is 1.